The number of fused-ring (bicyclic) bond motifs is 1. The first-order chi connectivity index (χ1) is 12.2. The van der Waals surface area contributed by atoms with E-state index in [4.69, 9.17) is 0 Å². The van der Waals surface area contributed by atoms with Crippen molar-refractivity contribution >= 4 is 22.9 Å². The number of likely N-dealkylation sites (tertiary alicyclic amines) is 1. The van der Waals surface area contributed by atoms with Crippen molar-refractivity contribution in [2.75, 3.05) is 6.54 Å². The van der Waals surface area contributed by atoms with E-state index in [1.165, 1.54) is 9.28 Å². The van der Waals surface area contributed by atoms with Gasteiger partial charge in [0.05, 0.1) is 0 Å². The summed E-state index contributed by atoms with van der Waals surface area (Å²) in [5.41, 5.74) is 0.407. The van der Waals surface area contributed by atoms with E-state index in [0.29, 0.717) is 12.2 Å². The van der Waals surface area contributed by atoms with Crippen molar-refractivity contribution in [1.82, 2.24) is 14.3 Å². The first-order valence-electron chi connectivity index (χ1n) is 8.70. The van der Waals surface area contributed by atoms with E-state index in [0.717, 1.165) is 32.1 Å². The molecular formula is C19H20FN3OS. The molecule has 1 fully saturated rings. The zero-order valence-corrected chi connectivity index (χ0v) is 14.7. The second kappa shape index (κ2) is 6.96. The number of piperidine rings is 1. The quantitative estimate of drug-likeness (QED) is 0.703. The number of rotatable bonds is 4. The van der Waals surface area contributed by atoms with Gasteiger partial charge in [-0.3, -0.25) is 9.20 Å². The highest BCUT2D eigenvalue weighted by atomic mass is 32.1. The lowest BCUT2D eigenvalue weighted by atomic mass is 9.97. The fourth-order valence-corrected chi connectivity index (χ4v) is 4.29. The van der Waals surface area contributed by atoms with Gasteiger partial charge >= 0.3 is 0 Å². The summed E-state index contributed by atoms with van der Waals surface area (Å²) in [5, 5.41) is 2.07. The molecule has 130 valence electrons. The summed E-state index contributed by atoms with van der Waals surface area (Å²) in [5.74, 6) is -0.847. The molecule has 0 aliphatic carbocycles. The van der Waals surface area contributed by atoms with Crippen molar-refractivity contribution in [3.05, 3.63) is 58.4 Å². The first kappa shape index (κ1) is 16.3. The van der Waals surface area contributed by atoms with Crippen LogP contribution in [0, 0.1) is 5.95 Å². The Morgan fingerprint density at radius 1 is 1.28 bits per heavy atom. The molecule has 1 atom stereocenters. The Morgan fingerprint density at radius 3 is 3.00 bits per heavy atom. The van der Waals surface area contributed by atoms with Gasteiger partial charge < -0.3 is 4.90 Å². The minimum Gasteiger partial charge on any atom is -0.334 e. The van der Waals surface area contributed by atoms with Crippen LogP contribution in [0.25, 0.3) is 5.65 Å². The molecule has 1 amide bonds. The number of nitrogens with zero attached hydrogens (tertiary/aromatic N) is 3. The van der Waals surface area contributed by atoms with Gasteiger partial charge in [0.25, 0.3) is 5.91 Å². The number of halogens is 1. The molecule has 0 radical (unpaired) electrons. The number of carbonyl (C=O) groups is 1. The summed E-state index contributed by atoms with van der Waals surface area (Å²) in [6.45, 7) is 0.682. The average molecular weight is 357 g/mol. The Morgan fingerprint density at radius 2 is 2.20 bits per heavy atom. The third kappa shape index (κ3) is 3.18. The van der Waals surface area contributed by atoms with Gasteiger partial charge in [0, 0.05) is 23.7 Å². The van der Waals surface area contributed by atoms with Crippen LogP contribution in [-0.4, -0.2) is 32.8 Å². The van der Waals surface area contributed by atoms with E-state index >= 15 is 0 Å². The Hall–Kier alpha value is -2.21. The van der Waals surface area contributed by atoms with Gasteiger partial charge in [0.2, 0.25) is 5.95 Å². The number of amides is 1. The van der Waals surface area contributed by atoms with Crippen molar-refractivity contribution in [2.24, 2.45) is 0 Å². The molecule has 1 aliphatic rings. The molecule has 3 aromatic heterocycles. The summed E-state index contributed by atoms with van der Waals surface area (Å²) in [4.78, 5) is 20.4. The Balaban J connectivity index is 1.56. The standard InChI is InChI=1S/C19H20FN3OS/c20-18-17(21-16-8-2-4-12-23(16)18)19(24)22-11-3-1-6-14(22)9-10-15-7-5-13-25-15/h2,4-5,7-8,12-14H,1,3,6,9-11H2/t14-/m1/s1. The number of pyridine rings is 1. The van der Waals surface area contributed by atoms with E-state index in [1.54, 1.807) is 35.7 Å². The number of hydrogen-bond donors (Lipinski definition) is 0. The van der Waals surface area contributed by atoms with Gasteiger partial charge in [-0.1, -0.05) is 12.1 Å². The summed E-state index contributed by atoms with van der Waals surface area (Å²) in [6, 6.07) is 9.58. The lowest BCUT2D eigenvalue weighted by Crippen LogP contribution is -2.44. The number of carbonyl (C=O) groups excluding carboxylic acids is 1. The van der Waals surface area contributed by atoms with Gasteiger partial charge in [0.1, 0.15) is 5.65 Å². The molecule has 0 spiro atoms. The zero-order chi connectivity index (χ0) is 17.2. The van der Waals surface area contributed by atoms with Gasteiger partial charge in [0.15, 0.2) is 5.69 Å². The number of thiophene rings is 1. The third-order valence-electron chi connectivity index (χ3n) is 4.87. The minimum absolute atomic E-state index is 0.0609. The van der Waals surface area contributed by atoms with Crippen LogP contribution >= 0.6 is 11.3 Å². The highest BCUT2D eigenvalue weighted by Crippen LogP contribution is 2.25. The fourth-order valence-electron chi connectivity index (χ4n) is 3.57. The van der Waals surface area contributed by atoms with Crippen molar-refractivity contribution in [2.45, 2.75) is 38.1 Å². The summed E-state index contributed by atoms with van der Waals surface area (Å²) < 4.78 is 16.0. The monoisotopic (exact) mass is 357 g/mol. The molecule has 0 N–H and O–H groups in total. The smallest absolute Gasteiger partial charge is 0.277 e. The largest absolute Gasteiger partial charge is 0.334 e. The Kier molecular flexibility index (Phi) is 4.53. The van der Waals surface area contributed by atoms with Gasteiger partial charge in [-0.05, 0) is 55.7 Å². The molecule has 4 rings (SSSR count). The predicted molar refractivity (Wildman–Crippen MR) is 96.5 cm³/mol. The molecule has 6 heteroatoms. The first-order valence-corrected chi connectivity index (χ1v) is 9.58. The average Bonchev–Trinajstić information content (AvgIpc) is 3.28. The summed E-state index contributed by atoms with van der Waals surface area (Å²) >= 11 is 1.74. The van der Waals surface area contributed by atoms with Crippen LogP contribution < -0.4 is 0 Å². The second-order valence-corrected chi connectivity index (χ2v) is 7.48. The third-order valence-corrected chi connectivity index (χ3v) is 5.80. The molecule has 1 aliphatic heterocycles. The Labute approximate surface area is 149 Å². The Bertz CT molecular complexity index is 874. The topological polar surface area (TPSA) is 37.6 Å². The number of hydrogen-bond acceptors (Lipinski definition) is 3. The summed E-state index contributed by atoms with van der Waals surface area (Å²) in [7, 11) is 0. The molecule has 4 heterocycles. The van der Waals surface area contributed by atoms with E-state index in [1.807, 2.05) is 4.90 Å². The van der Waals surface area contributed by atoms with E-state index in [-0.39, 0.29) is 17.6 Å². The van der Waals surface area contributed by atoms with Gasteiger partial charge in [-0.15, -0.1) is 11.3 Å². The van der Waals surface area contributed by atoms with Crippen molar-refractivity contribution in [3.63, 3.8) is 0 Å². The van der Waals surface area contributed by atoms with E-state index in [2.05, 4.69) is 22.5 Å². The maximum absolute atomic E-state index is 14.6. The SMILES string of the molecule is O=C(c1nc2ccccn2c1F)N1CCCC[C@@H]1CCc1cccs1. The van der Waals surface area contributed by atoms with Crippen LogP contribution in [0.3, 0.4) is 0 Å². The molecule has 0 unspecified atom stereocenters. The highest BCUT2D eigenvalue weighted by Gasteiger charge is 2.31. The lowest BCUT2D eigenvalue weighted by Gasteiger charge is -2.35. The van der Waals surface area contributed by atoms with Crippen LogP contribution in [0.5, 0.6) is 0 Å². The molecule has 25 heavy (non-hydrogen) atoms. The molecular weight excluding hydrogens is 337 g/mol. The molecule has 0 bridgehead atoms. The maximum Gasteiger partial charge on any atom is 0.277 e. The van der Waals surface area contributed by atoms with Gasteiger partial charge in [-0.25, -0.2) is 4.98 Å². The highest BCUT2D eigenvalue weighted by molar-refractivity contribution is 7.09. The number of imidazole rings is 1. The van der Waals surface area contributed by atoms with Crippen molar-refractivity contribution < 1.29 is 9.18 Å². The zero-order valence-electron chi connectivity index (χ0n) is 13.9. The molecule has 3 aromatic rings. The van der Waals surface area contributed by atoms with Crippen molar-refractivity contribution in [1.29, 1.82) is 0 Å². The van der Waals surface area contributed by atoms with Crippen LogP contribution in [0.15, 0.2) is 41.9 Å². The molecule has 0 aromatic carbocycles. The molecule has 4 nitrogen and oxygen atoms in total. The minimum atomic E-state index is -0.566. The lowest BCUT2D eigenvalue weighted by molar-refractivity contribution is 0.0591. The van der Waals surface area contributed by atoms with Crippen molar-refractivity contribution in [3.8, 4) is 0 Å². The van der Waals surface area contributed by atoms with E-state index < -0.39 is 5.95 Å². The fraction of sp³-hybridized carbons (Fsp3) is 0.368. The second-order valence-electron chi connectivity index (χ2n) is 6.45. The van der Waals surface area contributed by atoms with Gasteiger partial charge in [-0.2, -0.15) is 4.39 Å². The molecule has 1 saturated heterocycles. The van der Waals surface area contributed by atoms with Crippen LogP contribution in [0.2, 0.25) is 0 Å². The van der Waals surface area contributed by atoms with Crippen LogP contribution in [0.1, 0.15) is 41.0 Å². The summed E-state index contributed by atoms with van der Waals surface area (Å²) in [6.07, 6.45) is 6.54. The predicted octanol–water partition coefficient (Wildman–Crippen LogP) is 4.16. The number of aryl methyl sites for hydroxylation is 1. The normalized spacial score (nSPS) is 18.0. The number of aromatic nitrogens is 2. The maximum atomic E-state index is 14.6. The van der Waals surface area contributed by atoms with E-state index in [9.17, 15) is 9.18 Å². The van der Waals surface area contributed by atoms with Crippen LogP contribution in [-0.2, 0) is 6.42 Å². The van der Waals surface area contributed by atoms with Crippen LogP contribution in [0.4, 0.5) is 4.39 Å². The molecule has 0 saturated carbocycles.